The molecule has 0 saturated carbocycles. The van der Waals surface area contributed by atoms with Gasteiger partial charge in [0, 0.05) is 23.4 Å². The summed E-state index contributed by atoms with van der Waals surface area (Å²) in [4.78, 5) is 9.19. The quantitative estimate of drug-likeness (QED) is 0.762. The number of rotatable bonds is 2. The van der Waals surface area contributed by atoms with Gasteiger partial charge in [-0.05, 0) is 17.5 Å². The lowest BCUT2D eigenvalue weighted by molar-refractivity contribution is 0.484. The Kier molecular flexibility index (Phi) is 2.82. The molecule has 0 radical (unpaired) electrons. The Morgan fingerprint density at radius 1 is 1.11 bits per heavy atom. The van der Waals surface area contributed by atoms with Gasteiger partial charge in [0.2, 0.25) is 0 Å². The van der Waals surface area contributed by atoms with Gasteiger partial charge >= 0.3 is 0 Å². The minimum Gasteiger partial charge on any atom is -0.512 e. The fourth-order valence-electron chi connectivity index (χ4n) is 2.42. The van der Waals surface area contributed by atoms with Gasteiger partial charge in [0.05, 0.1) is 11.0 Å². The summed E-state index contributed by atoms with van der Waals surface area (Å²) in [7, 11) is 0. The molecule has 0 aliphatic rings. The summed E-state index contributed by atoms with van der Waals surface area (Å²) < 4.78 is 0. The molecule has 0 atom stereocenters. The van der Waals surface area contributed by atoms with Gasteiger partial charge in [0.25, 0.3) is 0 Å². The summed E-state index contributed by atoms with van der Waals surface area (Å²) >= 11 is 0. The highest BCUT2D eigenvalue weighted by Gasteiger charge is 2.09. The summed E-state index contributed by atoms with van der Waals surface area (Å²) in [6.45, 7) is 3.98. The number of aliphatic hydroxyl groups is 1. The molecule has 0 aliphatic carbocycles. The standard InChI is InChI=1S/C16H16N2O/c1-3-13(19)11-9-8-10-6-5-7-12-15(10)16(11)18-14(4-2)17-12/h5-9,19H,3-4H2,1-2H3/b13-11+. The summed E-state index contributed by atoms with van der Waals surface area (Å²) in [6, 6.07) is 10.0. The highest BCUT2D eigenvalue weighted by atomic mass is 16.3. The Bertz CT molecular complexity index is 808. The molecule has 0 unspecified atom stereocenters. The first-order valence-electron chi connectivity index (χ1n) is 6.64. The minimum absolute atomic E-state index is 0.382. The Morgan fingerprint density at radius 2 is 1.95 bits per heavy atom. The molecule has 0 spiro atoms. The predicted molar refractivity (Wildman–Crippen MR) is 78.0 cm³/mol. The van der Waals surface area contributed by atoms with Crippen molar-refractivity contribution < 1.29 is 5.11 Å². The van der Waals surface area contributed by atoms with Gasteiger partial charge in [-0.15, -0.1) is 0 Å². The lowest BCUT2D eigenvalue weighted by atomic mass is 10.0. The van der Waals surface area contributed by atoms with Crippen molar-refractivity contribution in [3.05, 3.63) is 41.4 Å². The second-order valence-electron chi connectivity index (χ2n) is 4.63. The van der Waals surface area contributed by atoms with Crippen molar-refractivity contribution in [3.63, 3.8) is 0 Å². The largest absolute Gasteiger partial charge is 0.512 e. The van der Waals surface area contributed by atoms with E-state index in [4.69, 9.17) is 0 Å². The second-order valence-corrected chi connectivity index (χ2v) is 4.63. The van der Waals surface area contributed by atoms with Crippen molar-refractivity contribution in [3.8, 4) is 0 Å². The minimum atomic E-state index is 0.382. The summed E-state index contributed by atoms with van der Waals surface area (Å²) in [5.74, 6) is 1.20. The molecule has 0 aliphatic heterocycles. The highest BCUT2D eigenvalue weighted by Crippen LogP contribution is 2.22. The van der Waals surface area contributed by atoms with E-state index in [1.807, 2.05) is 38.1 Å². The smallest absolute Gasteiger partial charge is 0.129 e. The number of benzene rings is 2. The van der Waals surface area contributed by atoms with Gasteiger partial charge in [-0.2, -0.15) is 0 Å². The van der Waals surface area contributed by atoms with E-state index in [0.717, 1.165) is 39.3 Å². The van der Waals surface area contributed by atoms with Crippen molar-refractivity contribution >= 4 is 27.6 Å². The Morgan fingerprint density at radius 3 is 2.68 bits per heavy atom. The Labute approximate surface area is 111 Å². The van der Waals surface area contributed by atoms with E-state index in [1.165, 1.54) is 0 Å². The van der Waals surface area contributed by atoms with Gasteiger partial charge < -0.3 is 5.11 Å². The van der Waals surface area contributed by atoms with Crippen LogP contribution in [0.3, 0.4) is 0 Å². The Balaban J connectivity index is 2.60. The lowest BCUT2D eigenvalue weighted by Gasteiger charge is -2.08. The normalized spacial score (nSPS) is 13.2. The van der Waals surface area contributed by atoms with Gasteiger partial charge in [-0.25, -0.2) is 9.97 Å². The molecule has 3 heteroatoms. The zero-order valence-corrected chi connectivity index (χ0v) is 11.1. The van der Waals surface area contributed by atoms with Gasteiger partial charge in [0.15, 0.2) is 0 Å². The summed E-state index contributed by atoms with van der Waals surface area (Å²) in [6.07, 6.45) is 1.39. The SMILES string of the molecule is CC/C(O)=c1/ccc2cccc3nc(CC)nc1c23. The van der Waals surface area contributed by atoms with Crippen LogP contribution in [0.1, 0.15) is 26.1 Å². The zero-order valence-electron chi connectivity index (χ0n) is 11.1. The first-order valence-corrected chi connectivity index (χ1v) is 6.64. The van der Waals surface area contributed by atoms with Crippen LogP contribution in [0.15, 0.2) is 30.3 Å². The van der Waals surface area contributed by atoms with Gasteiger partial charge in [0.1, 0.15) is 11.6 Å². The van der Waals surface area contributed by atoms with Crippen LogP contribution in [-0.2, 0) is 6.42 Å². The molecule has 0 bridgehead atoms. The second kappa shape index (κ2) is 4.50. The molecule has 0 amide bonds. The molecular weight excluding hydrogens is 236 g/mol. The summed E-state index contributed by atoms with van der Waals surface area (Å²) in [5.41, 5.74) is 1.81. The lowest BCUT2D eigenvalue weighted by Crippen LogP contribution is -2.11. The Hall–Kier alpha value is -2.16. The maximum Gasteiger partial charge on any atom is 0.129 e. The van der Waals surface area contributed by atoms with Crippen LogP contribution in [0.4, 0.5) is 0 Å². The number of hydrogen-bond donors (Lipinski definition) is 1. The van der Waals surface area contributed by atoms with Crippen molar-refractivity contribution in [1.29, 1.82) is 0 Å². The van der Waals surface area contributed by atoms with E-state index >= 15 is 0 Å². The van der Waals surface area contributed by atoms with Crippen LogP contribution in [0.5, 0.6) is 0 Å². The maximum absolute atomic E-state index is 10.1. The topological polar surface area (TPSA) is 46.0 Å². The first-order chi connectivity index (χ1) is 9.24. The van der Waals surface area contributed by atoms with Crippen molar-refractivity contribution in [2.45, 2.75) is 26.7 Å². The van der Waals surface area contributed by atoms with E-state index in [-0.39, 0.29) is 0 Å². The number of aryl methyl sites for hydroxylation is 1. The van der Waals surface area contributed by atoms with Crippen LogP contribution in [-0.4, -0.2) is 15.1 Å². The third-order valence-electron chi connectivity index (χ3n) is 3.45. The molecule has 1 heterocycles. The molecule has 3 aromatic rings. The predicted octanol–water partition coefficient (Wildman–Crippen LogP) is 3.14. The van der Waals surface area contributed by atoms with Crippen molar-refractivity contribution in [1.82, 2.24) is 9.97 Å². The third-order valence-corrected chi connectivity index (χ3v) is 3.45. The number of nitrogens with zero attached hydrogens (tertiary/aromatic N) is 2. The van der Waals surface area contributed by atoms with E-state index in [2.05, 4.69) is 16.0 Å². The monoisotopic (exact) mass is 252 g/mol. The van der Waals surface area contributed by atoms with Crippen molar-refractivity contribution in [2.75, 3.05) is 0 Å². The number of aromatic nitrogens is 2. The highest BCUT2D eigenvalue weighted by molar-refractivity contribution is 6.07. The molecule has 3 rings (SSSR count). The van der Waals surface area contributed by atoms with Crippen molar-refractivity contribution in [2.24, 2.45) is 0 Å². The molecule has 96 valence electrons. The third kappa shape index (κ3) is 1.82. The van der Waals surface area contributed by atoms with Crippen LogP contribution >= 0.6 is 0 Å². The molecular formula is C16H16N2O. The van der Waals surface area contributed by atoms with Crippen LogP contribution in [0.2, 0.25) is 0 Å². The molecule has 0 fully saturated rings. The van der Waals surface area contributed by atoms with Gasteiger partial charge in [-0.3, -0.25) is 0 Å². The van der Waals surface area contributed by atoms with Crippen LogP contribution in [0.25, 0.3) is 27.6 Å². The zero-order chi connectivity index (χ0) is 13.4. The maximum atomic E-state index is 10.1. The molecule has 0 saturated heterocycles. The molecule has 3 nitrogen and oxygen atoms in total. The van der Waals surface area contributed by atoms with Gasteiger partial charge in [-0.1, -0.05) is 32.0 Å². The van der Waals surface area contributed by atoms with Crippen LogP contribution < -0.4 is 5.22 Å². The van der Waals surface area contributed by atoms with E-state index in [0.29, 0.717) is 12.2 Å². The number of aliphatic hydroxyl groups excluding tert-OH is 1. The fourth-order valence-corrected chi connectivity index (χ4v) is 2.42. The molecule has 1 N–H and O–H groups in total. The molecule has 2 aromatic carbocycles. The first kappa shape index (κ1) is 11.9. The van der Waals surface area contributed by atoms with E-state index < -0.39 is 0 Å². The van der Waals surface area contributed by atoms with E-state index in [9.17, 15) is 5.11 Å². The molecule has 1 aromatic heterocycles. The summed E-state index contributed by atoms with van der Waals surface area (Å²) in [5, 5.41) is 13.1. The average Bonchev–Trinajstić information content (AvgIpc) is 2.46. The molecule has 19 heavy (non-hydrogen) atoms. The van der Waals surface area contributed by atoms with E-state index in [1.54, 1.807) is 0 Å². The van der Waals surface area contributed by atoms with Crippen LogP contribution in [0, 0.1) is 0 Å². The average molecular weight is 252 g/mol. The number of hydrogen-bond acceptors (Lipinski definition) is 3. The fraction of sp³-hybridized carbons (Fsp3) is 0.250.